The van der Waals surface area contributed by atoms with Gasteiger partial charge in [0.25, 0.3) is 0 Å². The van der Waals surface area contributed by atoms with Crippen LogP contribution in [0.4, 0.5) is 0 Å². The van der Waals surface area contributed by atoms with Crippen LogP contribution >= 0.6 is 9.16 Å². The van der Waals surface area contributed by atoms with Crippen molar-refractivity contribution in [1.82, 2.24) is 0 Å². The second kappa shape index (κ2) is 8.35. The second-order valence-corrected chi connectivity index (χ2v) is 19.5. The van der Waals surface area contributed by atoms with Crippen LogP contribution in [0.1, 0.15) is 5.56 Å². The first kappa shape index (κ1) is 24.5. The van der Waals surface area contributed by atoms with Crippen molar-refractivity contribution < 1.29 is 0 Å². The molecule has 7 aromatic carbocycles. The van der Waals surface area contributed by atoms with Gasteiger partial charge in [-0.1, -0.05) is 121 Å². The van der Waals surface area contributed by atoms with E-state index >= 15 is 0 Å². The number of rotatable bonds is 2. The number of benzene rings is 7. The third kappa shape index (κ3) is 3.42. The molecule has 0 aromatic heterocycles. The van der Waals surface area contributed by atoms with Crippen molar-refractivity contribution in [2.24, 2.45) is 0 Å². The molecule has 1 aliphatic heterocycles. The van der Waals surface area contributed by atoms with E-state index in [1.165, 1.54) is 81.1 Å². The Bertz CT molecular complexity index is 2190. The van der Waals surface area contributed by atoms with E-state index in [0.717, 1.165) is 0 Å². The van der Waals surface area contributed by atoms with Gasteiger partial charge < -0.3 is 0 Å². The predicted octanol–water partition coefficient (Wildman–Crippen LogP) is 11.1. The summed E-state index contributed by atoms with van der Waals surface area (Å²) in [7, 11) is -2.35. The van der Waals surface area contributed by atoms with Crippen LogP contribution in [0.3, 0.4) is 0 Å². The van der Waals surface area contributed by atoms with Crippen LogP contribution in [0.25, 0.3) is 65.7 Å². The average Bonchev–Trinajstić information content (AvgIpc) is 3.17. The van der Waals surface area contributed by atoms with Crippen molar-refractivity contribution in [3.05, 3.63) is 133 Å². The molecule has 0 radical (unpaired) electrons. The summed E-state index contributed by atoms with van der Waals surface area (Å²) in [6.45, 7) is 2.17. The summed E-state index contributed by atoms with van der Waals surface area (Å²) in [6.07, 6.45) is 7.59. The number of thiol groups is 1. The fraction of sp³-hybridized carbons (Fsp3) is 0.100. The molecular weight excluding hydrogens is 513 g/mol. The number of hydrogen-bond donors (Lipinski definition) is 1. The van der Waals surface area contributed by atoms with Gasteiger partial charge in [-0.15, -0.1) is 0 Å². The summed E-state index contributed by atoms with van der Waals surface area (Å²) < 4.78 is 0. The number of fused-ring (bicyclic) bond motifs is 6. The minimum atomic E-state index is -2.35. The molecule has 0 nitrogen and oxygen atoms in total. The van der Waals surface area contributed by atoms with Crippen LogP contribution in [0, 0.1) is 6.92 Å². The lowest BCUT2D eigenvalue weighted by Crippen LogP contribution is -2.10. The Hall–Kier alpha value is -4.33. The quantitative estimate of drug-likeness (QED) is 0.162. The highest BCUT2D eigenvalue weighted by molar-refractivity contribution is 8.48. The molecule has 0 N–H and O–H groups in total. The Kier molecular flexibility index (Phi) is 4.98. The molecule has 7 aromatic rings. The van der Waals surface area contributed by atoms with Gasteiger partial charge in [-0.2, -0.15) is 0 Å². The smallest absolute Gasteiger partial charge is 0.00197 e. The van der Waals surface area contributed by atoms with Gasteiger partial charge in [0.15, 0.2) is 0 Å². The molecular formula is C40H34S. The van der Waals surface area contributed by atoms with Gasteiger partial charge in [0.2, 0.25) is 0 Å². The van der Waals surface area contributed by atoms with E-state index < -0.39 is 9.16 Å². The molecule has 1 aliphatic rings. The normalized spacial score (nSPS) is 15.9. The predicted molar refractivity (Wildman–Crippen MR) is 183 cm³/mol. The van der Waals surface area contributed by atoms with Crippen LogP contribution in [-0.4, -0.2) is 18.8 Å². The molecule has 200 valence electrons. The highest BCUT2D eigenvalue weighted by Gasteiger charge is 2.40. The van der Waals surface area contributed by atoms with Gasteiger partial charge in [-0.05, 0) is 113 Å². The third-order valence-corrected chi connectivity index (χ3v) is 13.6. The lowest BCUT2D eigenvalue weighted by Gasteiger charge is -2.50. The molecule has 0 bridgehead atoms. The molecule has 1 heteroatoms. The first-order valence-corrected chi connectivity index (χ1v) is 18.1. The van der Waals surface area contributed by atoms with E-state index in [-0.39, 0.29) is 0 Å². The van der Waals surface area contributed by atoms with E-state index in [1.807, 2.05) is 0 Å². The topological polar surface area (TPSA) is 0 Å². The largest absolute Gasteiger partial charge is 0.247 e. The van der Waals surface area contributed by atoms with E-state index in [4.69, 9.17) is 0 Å². The van der Waals surface area contributed by atoms with Crippen LogP contribution in [0.5, 0.6) is 0 Å². The molecule has 41 heavy (non-hydrogen) atoms. The van der Waals surface area contributed by atoms with Crippen molar-refractivity contribution >= 4 is 41.5 Å². The molecule has 1 heterocycles. The zero-order valence-corrected chi connectivity index (χ0v) is 25.0. The van der Waals surface area contributed by atoms with Crippen LogP contribution in [-0.2, 0) is 0 Å². The summed E-state index contributed by atoms with van der Waals surface area (Å²) in [6, 6.07) is 48.0. The standard InChI is InChI=1S/C40H34S/c1-26-20-22-28(23-21-26)39-32-16-7-8-17-33(32)40(31-18-11-13-27-12-5-6-14-29(27)31)36-25-38-34(24-35(36)39)30-15-9-10-19-37(30)41(38,2,3)4/h5-25,41H,1-4H3. The molecule has 0 amide bonds. The van der Waals surface area contributed by atoms with Gasteiger partial charge >= 0.3 is 0 Å². The van der Waals surface area contributed by atoms with Gasteiger partial charge in [-0.3, -0.25) is 0 Å². The minimum Gasteiger partial charge on any atom is -0.247 e. The first-order chi connectivity index (χ1) is 19.8. The Labute approximate surface area is 242 Å². The lowest BCUT2D eigenvalue weighted by molar-refractivity contribution is 1.45. The number of aryl methyl sites for hydroxylation is 1. The Morgan fingerprint density at radius 3 is 1.78 bits per heavy atom. The van der Waals surface area contributed by atoms with Crippen molar-refractivity contribution in [3.63, 3.8) is 0 Å². The van der Waals surface area contributed by atoms with Crippen molar-refractivity contribution in [1.29, 1.82) is 0 Å². The molecule has 0 atom stereocenters. The highest BCUT2D eigenvalue weighted by Crippen LogP contribution is 2.80. The van der Waals surface area contributed by atoms with E-state index in [1.54, 1.807) is 0 Å². The van der Waals surface area contributed by atoms with Crippen LogP contribution in [0.15, 0.2) is 137 Å². The zero-order valence-electron chi connectivity index (χ0n) is 24.1. The first-order valence-electron chi connectivity index (χ1n) is 14.5. The summed E-state index contributed by atoms with van der Waals surface area (Å²) in [5, 5.41) is 7.88. The van der Waals surface area contributed by atoms with Gasteiger partial charge in [0.1, 0.15) is 0 Å². The van der Waals surface area contributed by atoms with Crippen molar-refractivity contribution in [2.45, 2.75) is 16.7 Å². The fourth-order valence-electron chi connectivity index (χ4n) is 7.35. The summed E-state index contributed by atoms with van der Waals surface area (Å²) in [5.74, 6) is 0. The van der Waals surface area contributed by atoms with E-state index in [9.17, 15) is 0 Å². The monoisotopic (exact) mass is 546 g/mol. The van der Waals surface area contributed by atoms with Gasteiger partial charge in [-0.25, -0.2) is 9.16 Å². The molecule has 0 spiro atoms. The van der Waals surface area contributed by atoms with E-state index in [0.29, 0.717) is 0 Å². The van der Waals surface area contributed by atoms with Crippen LogP contribution in [0.2, 0.25) is 0 Å². The van der Waals surface area contributed by atoms with Gasteiger partial charge in [0.05, 0.1) is 0 Å². The highest BCUT2D eigenvalue weighted by atomic mass is 32.3. The maximum Gasteiger partial charge on any atom is -0.00197 e. The molecule has 0 saturated heterocycles. The van der Waals surface area contributed by atoms with Gasteiger partial charge in [0, 0.05) is 0 Å². The lowest BCUT2D eigenvalue weighted by atomic mass is 9.83. The average molecular weight is 547 g/mol. The maximum atomic E-state index is 2.59. The SMILES string of the molecule is Cc1ccc(-c2c3ccccc3c(-c3cccc4ccccc34)c3cc4c(cc23)-c2ccccc2[SH]4(C)(C)C)cc1. The molecule has 8 rings (SSSR count). The maximum absolute atomic E-state index is 2.59. The Balaban J connectivity index is 1.63. The second-order valence-electron chi connectivity index (χ2n) is 12.9. The summed E-state index contributed by atoms with van der Waals surface area (Å²) in [5.41, 5.74) is 9.35. The third-order valence-electron chi connectivity index (χ3n) is 9.42. The Morgan fingerprint density at radius 2 is 1.00 bits per heavy atom. The minimum absolute atomic E-state index is 1.27. The van der Waals surface area contributed by atoms with Crippen molar-refractivity contribution in [2.75, 3.05) is 18.8 Å². The zero-order chi connectivity index (χ0) is 28.0. The van der Waals surface area contributed by atoms with Crippen LogP contribution < -0.4 is 0 Å². The summed E-state index contributed by atoms with van der Waals surface area (Å²) >= 11 is 0. The Morgan fingerprint density at radius 1 is 0.415 bits per heavy atom. The fourth-order valence-corrected chi connectivity index (χ4v) is 10.9. The van der Waals surface area contributed by atoms with Crippen molar-refractivity contribution in [3.8, 4) is 33.4 Å². The molecule has 0 aliphatic carbocycles. The summed E-state index contributed by atoms with van der Waals surface area (Å²) in [4.78, 5) is 3.05. The molecule has 0 fully saturated rings. The number of hydrogen-bond acceptors (Lipinski definition) is 0. The van der Waals surface area contributed by atoms with E-state index in [2.05, 4.69) is 153 Å². The molecule has 0 unspecified atom stereocenters. The molecule has 0 saturated carbocycles.